The van der Waals surface area contributed by atoms with Gasteiger partial charge in [-0.15, -0.1) is 0 Å². The average Bonchev–Trinajstić information content (AvgIpc) is 3.08. The van der Waals surface area contributed by atoms with Crippen LogP contribution >= 0.6 is 11.8 Å². The van der Waals surface area contributed by atoms with Crippen molar-refractivity contribution in [1.82, 2.24) is 5.32 Å². The van der Waals surface area contributed by atoms with Gasteiger partial charge in [-0.05, 0) is 42.3 Å². The molecule has 1 aromatic carbocycles. The van der Waals surface area contributed by atoms with E-state index in [0.717, 1.165) is 0 Å². The molecule has 0 saturated carbocycles. The molecule has 134 valence electrons. The average molecular weight is 368 g/mol. The van der Waals surface area contributed by atoms with E-state index in [-0.39, 0.29) is 11.7 Å². The summed E-state index contributed by atoms with van der Waals surface area (Å²) in [6, 6.07) is 8.38. The van der Waals surface area contributed by atoms with Gasteiger partial charge in [0.05, 0.1) is 6.26 Å². The molecule has 1 unspecified atom stereocenters. The van der Waals surface area contributed by atoms with Crippen LogP contribution in [0, 0.1) is 5.92 Å². The van der Waals surface area contributed by atoms with Crippen LogP contribution in [0.2, 0.25) is 0 Å². The third-order valence-corrected chi connectivity index (χ3v) is 4.05. The fourth-order valence-corrected chi connectivity index (χ4v) is 2.59. The number of carbonyl (C=O) groups excluding carboxylic acids is 2. The highest BCUT2D eigenvalue weighted by Gasteiger charge is 2.25. The Morgan fingerprint density at radius 3 is 2.32 bits per heavy atom. The molecule has 1 atom stereocenters. The van der Waals surface area contributed by atoms with Gasteiger partial charge in [-0.25, -0.2) is 0 Å². The molecule has 2 rings (SSSR count). The predicted octanol–water partition coefficient (Wildman–Crippen LogP) is 3.99. The monoisotopic (exact) mass is 368 g/mol. The summed E-state index contributed by atoms with van der Waals surface area (Å²) in [7, 11) is 0. The van der Waals surface area contributed by atoms with Crippen LogP contribution in [0.3, 0.4) is 0 Å². The molecule has 0 spiro atoms. The fraction of sp³-hybridized carbons (Fsp3) is 0.294. The van der Waals surface area contributed by atoms with Crippen LogP contribution in [0.4, 0.5) is 14.5 Å². The highest BCUT2D eigenvalue weighted by atomic mass is 32.2. The molecule has 0 fully saturated rings. The SMILES string of the molecule is CC(C)C(NC(=O)c1ccco1)C(=O)Nc1ccc(SC(F)F)cc1. The number of benzene rings is 1. The van der Waals surface area contributed by atoms with Crippen molar-refractivity contribution in [2.24, 2.45) is 5.92 Å². The number of alkyl halides is 2. The maximum absolute atomic E-state index is 12.4. The van der Waals surface area contributed by atoms with E-state index in [1.807, 2.05) is 0 Å². The molecule has 2 N–H and O–H groups in total. The van der Waals surface area contributed by atoms with Crippen molar-refractivity contribution in [2.75, 3.05) is 5.32 Å². The van der Waals surface area contributed by atoms with Crippen molar-refractivity contribution < 1.29 is 22.8 Å². The molecular formula is C17H18F2N2O3S. The Morgan fingerprint density at radius 2 is 1.80 bits per heavy atom. The van der Waals surface area contributed by atoms with Crippen LogP contribution in [-0.2, 0) is 4.79 Å². The van der Waals surface area contributed by atoms with Crippen molar-refractivity contribution >= 4 is 29.3 Å². The number of hydrogen-bond acceptors (Lipinski definition) is 4. The summed E-state index contributed by atoms with van der Waals surface area (Å²) in [6.45, 7) is 3.60. The number of halogens is 2. The van der Waals surface area contributed by atoms with Gasteiger partial charge >= 0.3 is 0 Å². The summed E-state index contributed by atoms with van der Waals surface area (Å²) < 4.78 is 29.6. The second-order valence-corrected chi connectivity index (χ2v) is 6.63. The topological polar surface area (TPSA) is 71.3 Å². The number of furan rings is 1. The van der Waals surface area contributed by atoms with E-state index in [1.54, 1.807) is 19.9 Å². The summed E-state index contributed by atoms with van der Waals surface area (Å²) >= 11 is 0.431. The molecule has 25 heavy (non-hydrogen) atoms. The van der Waals surface area contributed by atoms with Crippen LogP contribution in [0.1, 0.15) is 24.4 Å². The van der Waals surface area contributed by atoms with Gasteiger partial charge < -0.3 is 15.1 Å². The van der Waals surface area contributed by atoms with Gasteiger partial charge in [-0.3, -0.25) is 9.59 Å². The fourth-order valence-electron chi connectivity index (χ4n) is 2.09. The number of carbonyl (C=O) groups is 2. The van der Waals surface area contributed by atoms with Gasteiger partial charge in [0.25, 0.3) is 11.7 Å². The molecule has 0 radical (unpaired) electrons. The third-order valence-electron chi connectivity index (χ3n) is 3.33. The summed E-state index contributed by atoms with van der Waals surface area (Å²) in [6.07, 6.45) is 1.37. The molecule has 0 aliphatic rings. The standard InChI is InChI=1S/C17H18F2N2O3S/c1-10(2)14(21-15(22)13-4-3-9-24-13)16(23)20-11-5-7-12(8-6-11)25-17(18)19/h3-10,14,17H,1-2H3,(H,20,23)(H,21,22). The maximum Gasteiger partial charge on any atom is 0.288 e. The lowest BCUT2D eigenvalue weighted by Gasteiger charge is -2.21. The van der Waals surface area contributed by atoms with Crippen molar-refractivity contribution in [1.29, 1.82) is 0 Å². The summed E-state index contributed by atoms with van der Waals surface area (Å²) in [5.74, 6) is -3.42. The van der Waals surface area contributed by atoms with Crippen molar-refractivity contribution in [2.45, 2.75) is 30.5 Å². The lowest BCUT2D eigenvalue weighted by Crippen LogP contribution is -2.47. The van der Waals surface area contributed by atoms with Crippen molar-refractivity contribution in [3.63, 3.8) is 0 Å². The van der Waals surface area contributed by atoms with Crippen LogP contribution in [0.5, 0.6) is 0 Å². The van der Waals surface area contributed by atoms with Gasteiger partial charge in [-0.1, -0.05) is 25.6 Å². The Hall–Kier alpha value is -2.35. The van der Waals surface area contributed by atoms with Crippen molar-refractivity contribution in [3.8, 4) is 0 Å². The van der Waals surface area contributed by atoms with E-state index in [0.29, 0.717) is 22.3 Å². The second kappa shape index (κ2) is 8.66. The van der Waals surface area contributed by atoms with E-state index in [2.05, 4.69) is 10.6 Å². The number of nitrogens with one attached hydrogen (secondary N) is 2. The largest absolute Gasteiger partial charge is 0.459 e. The third kappa shape index (κ3) is 5.60. The number of thioether (sulfide) groups is 1. The number of amides is 2. The first-order chi connectivity index (χ1) is 11.9. The normalized spacial score (nSPS) is 12.2. The van der Waals surface area contributed by atoms with E-state index in [1.165, 1.54) is 36.6 Å². The van der Waals surface area contributed by atoms with Crippen LogP contribution in [0.25, 0.3) is 0 Å². The Kier molecular flexibility index (Phi) is 6.58. The minimum atomic E-state index is -2.50. The van der Waals surface area contributed by atoms with Crippen molar-refractivity contribution in [3.05, 3.63) is 48.4 Å². The smallest absolute Gasteiger partial charge is 0.288 e. The van der Waals surface area contributed by atoms with Gasteiger partial charge in [0.2, 0.25) is 5.91 Å². The molecule has 0 bridgehead atoms. The molecule has 0 aliphatic carbocycles. The summed E-state index contributed by atoms with van der Waals surface area (Å²) in [5, 5.41) is 5.30. The van der Waals surface area contributed by atoms with Gasteiger partial charge in [0, 0.05) is 10.6 Å². The molecule has 1 aromatic heterocycles. The summed E-state index contributed by atoms with van der Waals surface area (Å²) in [4.78, 5) is 24.9. The minimum absolute atomic E-state index is 0.117. The zero-order valence-electron chi connectivity index (χ0n) is 13.7. The Labute approximate surface area is 148 Å². The first kappa shape index (κ1) is 19.0. The van der Waals surface area contributed by atoms with Gasteiger partial charge in [0.1, 0.15) is 6.04 Å². The highest BCUT2D eigenvalue weighted by molar-refractivity contribution is 7.99. The van der Waals surface area contributed by atoms with Crippen LogP contribution in [-0.4, -0.2) is 23.6 Å². The number of anilines is 1. The predicted molar refractivity (Wildman–Crippen MR) is 91.7 cm³/mol. The first-order valence-electron chi connectivity index (χ1n) is 7.57. The number of rotatable bonds is 7. The molecule has 0 saturated heterocycles. The molecule has 2 amide bonds. The zero-order chi connectivity index (χ0) is 18.4. The quantitative estimate of drug-likeness (QED) is 0.725. The Morgan fingerprint density at radius 1 is 1.12 bits per heavy atom. The molecule has 5 nitrogen and oxygen atoms in total. The van der Waals surface area contributed by atoms with Gasteiger partial charge in [0.15, 0.2) is 5.76 Å². The first-order valence-corrected chi connectivity index (χ1v) is 8.45. The lowest BCUT2D eigenvalue weighted by atomic mass is 10.0. The maximum atomic E-state index is 12.4. The second-order valence-electron chi connectivity index (χ2n) is 5.56. The van der Waals surface area contributed by atoms with Crippen LogP contribution < -0.4 is 10.6 Å². The van der Waals surface area contributed by atoms with Crippen LogP contribution in [0.15, 0.2) is 52.0 Å². The highest BCUT2D eigenvalue weighted by Crippen LogP contribution is 2.26. The summed E-state index contributed by atoms with van der Waals surface area (Å²) in [5.41, 5.74) is 0.460. The van der Waals surface area contributed by atoms with E-state index in [4.69, 9.17) is 4.42 Å². The Balaban J connectivity index is 2.01. The van der Waals surface area contributed by atoms with E-state index in [9.17, 15) is 18.4 Å². The molecule has 1 heterocycles. The molecule has 0 aliphatic heterocycles. The zero-order valence-corrected chi connectivity index (χ0v) is 14.5. The number of hydrogen-bond donors (Lipinski definition) is 2. The molecular weight excluding hydrogens is 350 g/mol. The van der Waals surface area contributed by atoms with E-state index < -0.39 is 23.6 Å². The van der Waals surface area contributed by atoms with E-state index >= 15 is 0 Å². The minimum Gasteiger partial charge on any atom is -0.459 e. The molecule has 8 heteroatoms. The lowest BCUT2D eigenvalue weighted by molar-refractivity contribution is -0.118. The van der Waals surface area contributed by atoms with Gasteiger partial charge in [-0.2, -0.15) is 8.78 Å². The Bertz CT molecular complexity index is 703. The molecule has 2 aromatic rings.